The van der Waals surface area contributed by atoms with Crippen LogP contribution in [-0.4, -0.2) is 70.4 Å². The van der Waals surface area contributed by atoms with Gasteiger partial charge in [-0.25, -0.2) is 4.79 Å². The first kappa shape index (κ1) is 31.1. The van der Waals surface area contributed by atoms with Crippen LogP contribution in [0.1, 0.15) is 54.8 Å². The van der Waals surface area contributed by atoms with E-state index in [1.54, 1.807) is 49.3 Å². The zero-order valence-electron chi connectivity index (χ0n) is 25.6. The van der Waals surface area contributed by atoms with Crippen LogP contribution in [0, 0.1) is 5.92 Å². The Morgan fingerprint density at radius 1 is 0.978 bits per heavy atom. The molecule has 238 valence electrons. The van der Waals surface area contributed by atoms with Gasteiger partial charge in [0.15, 0.2) is 5.54 Å². The van der Waals surface area contributed by atoms with E-state index in [0.29, 0.717) is 23.2 Å². The molecule has 4 aromatic rings. The Balaban J connectivity index is 1.50. The minimum absolute atomic E-state index is 0.103. The van der Waals surface area contributed by atoms with E-state index in [-0.39, 0.29) is 37.2 Å². The second kappa shape index (κ2) is 11.8. The first-order chi connectivity index (χ1) is 22.0. The predicted molar refractivity (Wildman–Crippen MR) is 163 cm³/mol. The molecule has 0 N–H and O–H groups in total. The summed E-state index contributed by atoms with van der Waals surface area (Å²) in [6.07, 6.45) is -2.77. The van der Waals surface area contributed by atoms with E-state index in [9.17, 15) is 27.6 Å². The lowest BCUT2D eigenvalue weighted by Crippen LogP contribution is -2.58. The van der Waals surface area contributed by atoms with Crippen LogP contribution < -0.4 is 0 Å². The summed E-state index contributed by atoms with van der Waals surface area (Å²) >= 11 is 0. The lowest BCUT2D eigenvalue weighted by atomic mass is 9.75. The summed E-state index contributed by atoms with van der Waals surface area (Å²) in [5.74, 6) is -1.84. The standard InChI is InChI=1S/C35H33F3N4O4/c1-40(2)32(44)28-17-26-27(41(28)20-23-14-15-29(39-19-23)35(36,37)38)16-25-21-42(31(43)24-12-8-5-9-13-24)34(30(25)26,33(45)46-3)18-22-10-6-4-7-11-22/h4-15,17,19,25,30H,16,18,20-21H2,1-3H3/t25-,30+,34+/m0/s1. The highest BCUT2D eigenvalue weighted by Gasteiger charge is 2.64. The van der Waals surface area contributed by atoms with Crippen molar-refractivity contribution in [2.24, 2.45) is 5.92 Å². The summed E-state index contributed by atoms with van der Waals surface area (Å²) in [7, 11) is 4.56. The summed E-state index contributed by atoms with van der Waals surface area (Å²) in [6, 6.07) is 22.3. The average Bonchev–Trinajstić information content (AvgIpc) is 3.68. The number of rotatable bonds is 7. The molecular formula is C35H33F3N4O4. The van der Waals surface area contributed by atoms with Gasteiger partial charge in [-0.3, -0.25) is 14.6 Å². The van der Waals surface area contributed by atoms with Crippen molar-refractivity contribution in [2.75, 3.05) is 27.7 Å². The summed E-state index contributed by atoms with van der Waals surface area (Å²) in [5.41, 5.74) is 1.22. The Hall–Kier alpha value is -4.93. The van der Waals surface area contributed by atoms with Gasteiger partial charge < -0.3 is 19.1 Å². The van der Waals surface area contributed by atoms with Crippen molar-refractivity contribution in [1.29, 1.82) is 0 Å². The van der Waals surface area contributed by atoms with Crippen molar-refractivity contribution >= 4 is 17.8 Å². The minimum atomic E-state index is -4.57. The van der Waals surface area contributed by atoms with Crippen LogP contribution in [0.25, 0.3) is 0 Å². The molecule has 2 aliphatic rings. The number of pyridine rings is 1. The fraction of sp³-hybridized carbons (Fsp3) is 0.314. The molecule has 0 unspecified atom stereocenters. The third-order valence-electron chi connectivity index (χ3n) is 9.12. The van der Waals surface area contributed by atoms with Gasteiger partial charge in [-0.05, 0) is 53.3 Å². The Labute approximate surface area is 264 Å². The number of alkyl halides is 3. The van der Waals surface area contributed by atoms with Gasteiger partial charge in [-0.2, -0.15) is 13.2 Å². The van der Waals surface area contributed by atoms with Gasteiger partial charge in [0.1, 0.15) is 11.4 Å². The quantitative estimate of drug-likeness (QED) is 0.262. The number of esters is 1. The third-order valence-corrected chi connectivity index (χ3v) is 9.12. The molecule has 1 aliphatic carbocycles. The largest absolute Gasteiger partial charge is 0.467 e. The summed E-state index contributed by atoms with van der Waals surface area (Å²) in [5, 5.41) is 0. The molecule has 0 bridgehead atoms. The number of hydrogen-bond donors (Lipinski definition) is 0. The number of benzene rings is 2. The van der Waals surface area contributed by atoms with Crippen molar-refractivity contribution < 1.29 is 32.3 Å². The molecule has 8 nitrogen and oxygen atoms in total. The Morgan fingerprint density at radius 2 is 1.65 bits per heavy atom. The Kier molecular flexibility index (Phi) is 7.95. The van der Waals surface area contributed by atoms with E-state index in [2.05, 4.69) is 4.98 Å². The van der Waals surface area contributed by atoms with Crippen LogP contribution >= 0.6 is 0 Å². The fourth-order valence-corrected chi connectivity index (χ4v) is 7.16. The lowest BCUT2D eigenvalue weighted by molar-refractivity contribution is -0.153. The van der Waals surface area contributed by atoms with Gasteiger partial charge in [-0.15, -0.1) is 0 Å². The van der Waals surface area contributed by atoms with Crippen LogP contribution in [0.2, 0.25) is 0 Å². The molecule has 2 aromatic carbocycles. The van der Waals surface area contributed by atoms with E-state index >= 15 is 0 Å². The van der Waals surface area contributed by atoms with E-state index in [1.807, 2.05) is 41.0 Å². The van der Waals surface area contributed by atoms with Gasteiger partial charge in [0.25, 0.3) is 11.8 Å². The summed E-state index contributed by atoms with van der Waals surface area (Å²) in [6.45, 7) is 0.374. The van der Waals surface area contributed by atoms with Gasteiger partial charge in [-0.1, -0.05) is 54.6 Å². The van der Waals surface area contributed by atoms with Gasteiger partial charge in [0.05, 0.1) is 7.11 Å². The number of likely N-dealkylation sites (tertiary alicyclic amines) is 1. The molecule has 1 saturated heterocycles. The van der Waals surface area contributed by atoms with Gasteiger partial charge in [0.2, 0.25) is 0 Å². The maximum atomic E-state index is 14.2. The maximum absolute atomic E-state index is 14.2. The fourth-order valence-electron chi connectivity index (χ4n) is 7.16. The molecule has 0 saturated carbocycles. The molecule has 3 atom stereocenters. The van der Waals surface area contributed by atoms with E-state index < -0.39 is 29.3 Å². The second-order valence-corrected chi connectivity index (χ2v) is 12.1. The molecule has 46 heavy (non-hydrogen) atoms. The van der Waals surface area contributed by atoms with Crippen molar-refractivity contribution in [1.82, 2.24) is 19.4 Å². The normalized spacial score (nSPS) is 20.3. The average molecular weight is 631 g/mol. The smallest absolute Gasteiger partial charge is 0.433 e. The molecule has 3 heterocycles. The van der Waals surface area contributed by atoms with Crippen molar-refractivity contribution in [2.45, 2.75) is 37.0 Å². The highest BCUT2D eigenvalue weighted by Crippen LogP contribution is 2.55. The lowest BCUT2D eigenvalue weighted by Gasteiger charge is -2.40. The molecule has 6 rings (SSSR count). The number of methoxy groups -OCH3 is 1. The zero-order valence-corrected chi connectivity index (χ0v) is 25.6. The first-order valence-electron chi connectivity index (χ1n) is 14.9. The number of carbonyl (C=O) groups is 3. The van der Waals surface area contributed by atoms with Crippen LogP contribution in [0.4, 0.5) is 13.2 Å². The molecule has 2 aromatic heterocycles. The molecular weight excluding hydrogens is 597 g/mol. The SMILES string of the molecule is COC(=O)[C@@]1(Cc2ccccc2)[C@H]2c3cc(C(=O)N(C)C)n(Cc4ccc(C(F)(F)F)nc4)c3C[C@H]2CN1C(=O)c1ccccc1. The van der Waals surface area contributed by atoms with Crippen LogP contribution in [0.3, 0.4) is 0 Å². The number of aromatic nitrogens is 2. The summed E-state index contributed by atoms with van der Waals surface area (Å²) < 4.78 is 46.9. The third kappa shape index (κ3) is 5.23. The monoisotopic (exact) mass is 630 g/mol. The molecule has 11 heteroatoms. The summed E-state index contributed by atoms with van der Waals surface area (Å²) in [4.78, 5) is 48.6. The predicted octanol–water partition coefficient (Wildman–Crippen LogP) is 5.22. The van der Waals surface area contributed by atoms with E-state index in [4.69, 9.17) is 4.74 Å². The van der Waals surface area contributed by atoms with Crippen LogP contribution in [0.5, 0.6) is 0 Å². The Morgan fingerprint density at radius 3 is 2.24 bits per heavy atom. The minimum Gasteiger partial charge on any atom is -0.467 e. The Bertz CT molecular complexity index is 1770. The van der Waals surface area contributed by atoms with Gasteiger partial charge in [0, 0.05) is 57.0 Å². The molecule has 2 amide bonds. The number of halogens is 3. The first-order valence-corrected chi connectivity index (χ1v) is 14.9. The number of fused-ring (bicyclic) bond motifs is 3. The topological polar surface area (TPSA) is 84.7 Å². The highest BCUT2D eigenvalue weighted by atomic mass is 19.4. The number of carbonyl (C=O) groups excluding carboxylic acids is 3. The maximum Gasteiger partial charge on any atom is 0.433 e. The zero-order chi connectivity index (χ0) is 32.8. The number of ether oxygens (including phenoxy) is 1. The van der Waals surface area contributed by atoms with Crippen molar-refractivity contribution in [3.63, 3.8) is 0 Å². The van der Waals surface area contributed by atoms with E-state index in [0.717, 1.165) is 22.9 Å². The molecule has 0 radical (unpaired) electrons. The number of nitrogens with zero attached hydrogens (tertiary/aromatic N) is 4. The molecule has 0 spiro atoms. The van der Waals surface area contributed by atoms with Crippen molar-refractivity contribution in [3.8, 4) is 0 Å². The molecule has 1 fully saturated rings. The second-order valence-electron chi connectivity index (χ2n) is 12.1. The molecule has 1 aliphatic heterocycles. The highest BCUT2D eigenvalue weighted by molar-refractivity contribution is 6.00. The van der Waals surface area contributed by atoms with Crippen LogP contribution in [0.15, 0.2) is 85.1 Å². The van der Waals surface area contributed by atoms with E-state index in [1.165, 1.54) is 24.3 Å². The van der Waals surface area contributed by atoms with Gasteiger partial charge >= 0.3 is 12.1 Å². The number of hydrogen-bond acceptors (Lipinski definition) is 5. The van der Waals surface area contributed by atoms with Crippen LogP contribution in [-0.2, 0) is 35.1 Å². The van der Waals surface area contributed by atoms with Crippen molar-refractivity contribution in [3.05, 3.63) is 124 Å². The number of amides is 2.